The lowest BCUT2D eigenvalue weighted by Gasteiger charge is -2.26. The van der Waals surface area contributed by atoms with Crippen LogP contribution in [0.15, 0.2) is 82.2 Å². The van der Waals surface area contributed by atoms with Gasteiger partial charge in [0.2, 0.25) is 15.9 Å². The van der Waals surface area contributed by atoms with Crippen molar-refractivity contribution in [1.29, 1.82) is 0 Å². The first-order valence-corrected chi connectivity index (χ1v) is 15.3. The Morgan fingerprint density at radius 3 is 2.47 bits per heavy atom. The van der Waals surface area contributed by atoms with E-state index in [2.05, 4.69) is 15.5 Å². The van der Waals surface area contributed by atoms with Gasteiger partial charge in [0.05, 0.1) is 34.8 Å². The summed E-state index contributed by atoms with van der Waals surface area (Å²) in [6.45, 7) is 3.82. The van der Waals surface area contributed by atoms with Crippen LogP contribution < -0.4 is 5.32 Å². The summed E-state index contributed by atoms with van der Waals surface area (Å²) >= 11 is 2.92. The van der Waals surface area contributed by atoms with E-state index in [-0.39, 0.29) is 10.8 Å². The topological polar surface area (TPSA) is 106 Å². The monoisotopic (exact) mass is 569 g/mol. The highest BCUT2D eigenvalue weighted by molar-refractivity contribution is 8.00. The summed E-state index contributed by atoms with van der Waals surface area (Å²) < 4.78 is 34.4. The average Bonchev–Trinajstić information content (AvgIpc) is 3.60. The molecule has 2 aromatic heterocycles. The molecule has 3 heterocycles. The fourth-order valence-corrected chi connectivity index (χ4v) is 6.95. The van der Waals surface area contributed by atoms with E-state index in [1.54, 1.807) is 23.5 Å². The number of carbonyl (C=O) groups excluding carboxylic acids is 1. The summed E-state index contributed by atoms with van der Waals surface area (Å²) in [7, 11) is -3.59. The third-order valence-electron chi connectivity index (χ3n) is 6.02. The molecule has 5 rings (SSSR count). The molecule has 1 aliphatic rings. The van der Waals surface area contributed by atoms with Crippen LogP contribution in [-0.2, 0) is 26.1 Å². The van der Waals surface area contributed by atoms with Crippen molar-refractivity contribution >= 4 is 44.7 Å². The van der Waals surface area contributed by atoms with E-state index >= 15 is 0 Å². The quantitative estimate of drug-likeness (QED) is 0.301. The number of hydrogen-bond donors (Lipinski definition) is 1. The molecule has 0 aliphatic carbocycles. The van der Waals surface area contributed by atoms with E-state index in [1.807, 2.05) is 59.3 Å². The first kappa shape index (κ1) is 26.6. The third kappa shape index (κ3) is 6.00. The number of thiophene rings is 1. The van der Waals surface area contributed by atoms with Crippen molar-refractivity contribution in [2.24, 2.45) is 0 Å². The molecular formula is C26H27N5O4S3. The summed E-state index contributed by atoms with van der Waals surface area (Å²) in [5.41, 5.74) is 1.63. The van der Waals surface area contributed by atoms with Crippen LogP contribution in [0.3, 0.4) is 0 Å². The first-order valence-electron chi connectivity index (χ1n) is 12.1. The number of morpholine rings is 1. The van der Waals surface area contributed by atoms with E-state index in [0.717, 1.165) is 16.3 Å². The minimum Gasteiger partial charge on any atom is -0.379 e. The lowest BCUT2D eigenvalue weighted by atomic mass is 10.2. The number of sulfonamides is 1. The van der Waals surface area contributed by atoms with E-state index in [1.165, 1.54) is 28.2 Å². The van der Waals surface area contributed by atoms with Gasteiger partial charge in [0.25, 0.3) is 0 Å². The van der Waals surface area contributed by atoms with Crippen molar-refractivity contribution in [2.75, 3.05) is 31.6 Å². The van der Waals surface area contributed by atoms with Crippen molar-refractivity contribution < 1.29 is 17.9 Å². The van der Waals surface area contributed by atoms with Gasteiger partial charge in [-0.1, -0.05) is 48.2 Å². The van der Waals surface area contributed by atoms with Crippen LogP contribution in [0.1, 0.15) is 12.5 Å². The van der Waals surface area contributed by atoms with Gasteiger partial charge >= 0.3 is 0 Å². The molecule has 1 aliphatic heterocycles. The van der Waals surface area contributed by atoms with Gasteiger partial charge in [-0.3, -0.25) is 9.36 Å². The summed E-state index contributed by atoms with van der Waals surface area (Å²) in [6.07, 6.45) is 0. The molecule has 38 heavy (non-hydrogen) atoms. The highest BCUT2D eigenvalue weighted by Gasteiger charge is 2.26. The molecule has 0 unspecified atom stereocenters. The van der Waals surface area contributed by atoms with Crippen LogP contribution in [0.25, 0.3) is 10.7 Å². The number of hydrogen-bond acceptors (Lipinski definition) is 8. The maximum atomic E-state index is 13.0. The third-order valence-corrected chi connectivity index (χ3v) is 9.88. The Morgan fingerprint density at radius 2 is 1.79 bits per heavy atom. The number of anilines is 1. The van der Waals surface area contributed by atoms with E-state index in [0.29, 0.717) is 43.7 Å². The highest BCUT2D eigenvalue weighted by Crippen LogP contribution is 2.30. The SMILES string of the molecule is C[C@@H](Sc1nnc(-c2cccs2)n1Cc1ccccc1)C(=O)Nc1ccc(S(=O)(=O)N2CCOCC2)cc1. The first-order chi connectivity index (χ1) is 18.4. The summed E-state index contributed by atoms with van der Waals surface area (Å²) in [5, 5.41) is 13.9. The molecule has 0 spiro atoms. The van der Waals surface area contributed by atoms with Gasteiger partial charge in [-0.25, -0.2) is 8.42 Å². The number of amides is 1. The van der Waals surface area contributed by atoms with Crippen LogP contribution in [-0.4, -0.2) is 64.9 Å². The Balaban J connectivity index is 1.28. The van der Waals surface area contributed by atoms with E-state index in [9.17, 15) is 13.2 Å². The Bertz CT molecular complexity index is 1470. The smallest absolute Gasteiger partial charge is 0.243 e. The minimum absolute atomic E-state index is 0.190. The second-order valence-electron chi connectivity index (χ2n) is 8.65. The second kappa shape index (κ2) is 11.8. The number of ether oxygens (including phenoxy) is 1. The average molecular weight is 570 g/mol. The molecule has 1 fully saturated rings. The zero-order chi connectivity index (χ0) is 26.5. The molecule has 198 valence electrons. The second-order valence-corrected chi connectivity index (χ2v) is 12.8. The van der Waals surface area contributed by atoms with Crippen LogP contribution in [0.2, 0.25) is 0 Å². The number of thioether (sulfide) groups is 1. The predicted molar refractivity (Wildman–Crippen MR) is 149 cm³/mol. The van der Waals surface area contributed by atoms with Crippen molar-refractivity contribution in [3.05, 3.63) is 77.7 Å². The molecule has 12 heteroatoms. The number of rotatable bonds is 9. The largest absolute Gasteiger partial charge is 0.379 e. The highest BCUT2D eigenvalue weighted by atomic mass is 32.2. The maximum absolute atomic E-state index is 13.0. The zero-order valence-electron chi connectivity index (χ0n) is 20.7. The predicted octanol–water partition coefficient (Wildman–Crippen LogP) is 4.20. The molecule has 1 amide bonds. The molecule has 0 radical (unpaired) electrons. The van der Waals surface area contributed by atoms with Gasteiger partial charge < -0.3 is 10.1 Å². The minimum atomic E-state index is -3.59. The van der Waals surface area contributed by atoms with Gasteiger partial charge in [-0.15, -0.1) is 21.5 Å². The van der Waals surface area contributed by atoms with Gasteiger partial charge in [-0.2, -0.15) is 4.31 Å². The lowest BCUT2D eigenvalue weighted by molar-refractivity contribution is -0.115. The summed E-state index contributed by atoms with van der Waals surface area (Å²) in [6, 6.07) is 20.3. The molecule has 1 saturated heterocycles. The zero-order valence-corrected chi connectivity index (χ0v) is 23.1. The Labute approximate surface area is 229 Å². The lowest BCUT2D eigenvalue weighted by Crippen LogP contribution is -2.40. The summed E-state index contributed by atoms with van der Waals surface area (Å²) in [5.74, 6) is 0.543. The Morgan fingerprint density at radius 1 is 1.05 bits per heavy atom. The molecule has 4 aromatic rings. The van der Waals surface area contributed by atoms with Crippen molar-refractivity contribution in [1.82, 2.24) is 19.1 Å². The van der Waals surface area contributed by atoms with Crippen molar-refractivity contribution in [3.8, 4) is 10.7 Å². The maximum Gasteiger partial charge on any atom is 0.243 e. The number of nitrogens with one attached hydrogen (secondary N) is 1. The van der Waals surface area contributed by atoms with Gasteiger partial charge in [0, 0.05) is 18.8 Å². The number of aromatic nitrogens is 3. The van der Waals surface area contributed by atoms with Crippen LogP contribution in [0.5, 0.6) is 0 Å². The van der Waals surface area contributed by atoms with Crippen LogP contribution in [0.4, 0.5) is 5.69 Å². The molecular weight excluding hydrogens is 543 g/mol. The Kier molecular flexibility index (Phi) is 8.24. The van der Waals surface area contributed by atoms with Gasteiger partial charge in [0.1, 0.15) is 0 Å². The number of benzene rings is 2. The van der Waals surface area contributed by atoms with Gasteiger partial charge in [-0.05, 0) is 48.2 Å². The van der Waals surface area contributed by atoms with E-state index < -0.39 is 15.3 Å². The molecule has 0 bridgehead atoms. The fraction of sp³-hybridized carbons (Fsp3) is 0.269. The van der Waals surface area contributed by atoms with Crippen LogP contribution >= 0.6 is 23.1 Å². The van der Waals surface area contributed by atoms with E-state index in [4.69, 9.17) is 4.74 Å². The molecule has 0 saturated carbocycles. The Hall–Kier alpha value is -3.03. The normalized spacial score (nSPS) is 15.3. The standard InChI is InChI=1S/C26H27N5O4S3/c1-19(25(32)27-21-9-11-22(12-10-21)38(33,34)30-13-15-35-16-14-30)37-26-29-28-24(23-8-5-17-36-23)31(26)18-20-6-3-2-4-7-20/h2-12,17,19H,13-16,18H2,1H3,(H,27,32)/t19-/m1/s1. The van der Waals surface area contributed by atoms with Crippen LogP contribution in [0, 0.1) is 0 Å². The molecule has 9 nitrogen and oxygen atoms in total. The number of carbonyl (C=O) groups is 1. The molecule has 1 N–H and O–H groups in total. The summed E-state index contributed by atoms with van der Waals surface area (Å²) in [4.78, 5) is 14.2. The van der Waals surface area contributed by atoms with Gasteiger partial charge in [0.15, 0.2) is 11.0 Å². The fourth-order valence-electron chi connectivity index (χ4n) is 3.97. The van der Waals surface area contributed by atoms with Crippen molar-refractivity contribution in [3.63, 3.8) is 0 Å². The molecule has 2 aromatic carbocycles. The number of nitrogens with zero attached hydrogens (tertiary/aromatic N) is 4. The van der Waals surface area contributed by atoms with Crippen molar-refractivity contribution in [2.45, 2.75) is 28.8 Å². The molecule has 1 atom stereocenters.